The lowest BCUT2D eigenvalue weighted by molar-refractivity contribution is 0.374. The Morgan fingerprint density at radius 2 is 1.54 bits per heavy atom. The molecule has 2 aromatic carbocycles. The van der Waals surface area contributed by atoms with Crippen LogP contribution in [0.2, 0.25) is 0 Å². The van der Waals surface area contributed by atoms with Crippen LogP contribution in [0.3, 0.4) is 0 Å². The smallest absolute Gasteiger partial charge is 0.133 e. The van der Waals surface area contributed by atoms with Gasteiger partial charge in [0.15, 0.2) is 0 Å². The van der Waals surface area contributed by atoms with Gasteiger partial charge in [-0.05, 0) is 23.8 Å². The Morgan fingerprint density at radius 1 is 0.923 bits per heavy atom. The third-order valence-electron chi connectivity index (χ3n) is 3.69. The Morgan fingerprint density at radius 3 is 2.04 bits per heavy atom. The summed E-state index contributed by atoms with van der Waals surface area (Å²) >= 11 is 4.36. The van der Waals surface area contributed by atoms with Crippen LogP contribution < -0.4 is 18.9 Å². The van der Waals surface area contributed by atoms with E-state index in [2.05, 4.69) is 12.6 Å². The molecule has 0 aliphatic carbocycles. The molecule has 0 aliphatic heterocycles. The summed E-state index contributed by atoms with van der Waals surface area (Å²) in [7, 11) is 5.07. The minimum atomic E-state index is -1.21. The van der Waals surface area contributed by atoms with E-state index in [1.165, 1.54) is 0 Å². The highest BCUT2D eigenvalue weighted by Crippen LogP contribution is 2.35. The van der Waals surface area contributed by atoms with Crippen LogP contribution in [0.15, 0.2) is 40.6 Å². The van der Waals surface area contributed by atoms with Gasteiger partial charge in [0, 0.05) is 22.4 Å². The number of thiol groups is 1. The molecule has 2 aromatic rings. The molecule has 1 unspecified atom stereocenters. The number of ether oxygens (including phenoxy) is 4. The van der Waals surface area contributed by atoms with Gasteiger partial charge in [0.25, 0.3) is 0 Å². The number of methoxy groups -OCH3 is 4. The maximum Gasteiger partial charge on any atom is 0.133 e. The standard InChI is InChI=1S/C19H22O5S2/c1-21-14-10-17(23-3)15(18(11-14)24-4)7-8-26(20)12-13-5-6-16(22-2)19(25)9-13/h5-11,25H,12H2,1-4H3. The van der Waals surface area contributed by atoms with Crippen molar-refractivity contribution in [1.82, 2.24) is 0 Å². The molecule has 0 fully saturated rings. The summed E-state index contributed by atoms with van der Waals surface area (Å²) in [4.78, 5) is 0.712. The van der Waals surface area contributed by atoms with Gasteiger partial charge in [-0.1, -0.05) is 6.07 Å². The molecule has 0 N–H and O–H groups in total. The molecule has 5 nitrogen and oxygen atoms in total. The molecule has 26 heavy (non-hydrogen) atoms. The maximum absolute atomic E-state index is 12.4. The van der Waals surface area contributed by atoms with E-state index in [0.29, 0.717) is 39.2 Å². The summed E-state index contributed by atoms with van der Waals surface area (Å²) in [5, 5.41) is 1.62. The third-order valence-corrected chi connectivity index (χ3v) is 5.10. The van der Waals surface area contributed by atoms with Crippen molar-refractivity contribution in [3.63, 3.8) is 0 Å². The summed E-state index contributed by atoms with van der Waals surface area (Å²) in [5.74, 6) is 2.84. The average molecular weight is 395 g/mol. The highest BCUT2D eigenvalue weighted by atomic mass is 32.2. The first-order chi connectivity index (χ1) is 12.5. The molecule has 140 valence electrons. The largest absolute Gasteiger partial charge is 0.496 e. The van der Waals surface area contributed by atoms with Gasteiger partial charge in [-0.25, -0.2) is 0 Å². The highest BCUT2D eigenvalue weighted by Gasteiger charge is 2.11. The zero-order chi connectivity index (χ0) is 19.1. The van der Waals surface area contributed by atoms with Crippen molar-refractivity contribution in [2.45, 2.75) is 10.6 Å². The van der Waals surface area contributed by atoms with E-state index >= 15 is 0 Å². The fraction of sp³-hybridized carbons (Fsp3) is 0.263. The summed E-state index contributed by atoms with van der Waals surface area (Å²) in [6, 6.07) is 9.04. The highest BCUT2D eigenvalue weighted by molar-refractivity contribution is 7.87. The normalized spacial score (nSPS) is 12.0. The molecule has 1 atom stereocenters. The Hall–Kier alpha value is -2.12. The monoisotopic (exact) mass is 394 g/mol. The topological polar surface area (TPSA) is 54.0 Å². The third kappa shape index (κ3) is 4.95. The van der Waals surface area contributed by atoms with Gasteiger partial charge in [0.1, 0.15) is 23.0 Å². The first kappa shape index (κ1) is 20.2. The molecule has 0 radical (unpaired) electrons. The molecule has 0 aliphatic rings. The van der Waals surface area contributed by atoms with E-state index < -0.39 is 10.8 Å². The summed E-state index contributed by atoms with van der Waals surface area (Å²) in [6.07, 6.45) is 1.73. The summed E-state index contributed by atoms with van der Waals surface area (Å²) in [5.41, 5.74) is 1.61. The zero-order valence-corrected chi connectivity index (χ0v) is 16.9. The first-order valence-corrected chi connectivity index (χ1v) is 9.56. The lowest BCUT2D eigenvalue weighted by Crippen LogP contribution is -1.96. The number of hydrogen-bond donors (Lipinski definition) is 1. The summed E-state index contributed by atoms with van der Waals surface area (Å²) < 4.78 is 33.6. The van der Waals surface area contributed by atoms with Gasteiger partial charge in [0.2, 0.25) is 0 Å². The second-order valence-electron chi connectivity index (χ2n) is 5.28. The van der Waals surface area contributed by atoms with Crippen molar-refractivity contribution in [1.29, 1.82) is 0 Å². The van der Waals surface area contributed by atoms with Crippen LogP contribution in [-0.2, 0) is 16.6 Å². The van der Waals surface area contributed by atoms with Crippen molar-refractivity contribution in [3.8, 4) is 23.0 Å². The second-order valence-corrected chi connectivity index (χ2v) is 7.08. The maximum atomic E-state index is 12.4. The fourth-order valence-corrected chi connectivity index (χ4v) is 3.60. The number of rotatable bonds is 8. The van der Waals surface area contributed by atoms with Crippen molar-refractivity contribution in [2.75, 3.05) is 28.4 Å². The molecule has 7 heteroatoms. The van der Waals surface area contributed by atoms with Crippen molar-refractivity contribution in [2.24, 2.45) is 0 Å². The zero-order valence-electron chi connectivity index (χ0n) is 15.1. The molecule has 0 saturated carbocycles. The average Bonchev–Trinajstić information content (AvgIpc) is 2.65. The summed E-state index contributed by atoms with van der Waals surface area (Å²) in [6.45, 7) is 0. The van der Waals surface area contributed by atoms with E-state index in [-0.39, 0.29) is 0 Å². The van der Waals surface area contributed by atoms with Gasteiger partial charge in [-0.2, -0.15) is 0 Å². The first-order valence-electron chi connectivity index (χ1n) is 7.73. The minimum Gasteiger partial charge on any atom is -0.496 e. The lowest BCUT2D eigenvalue weighted by Gasteiger charge is -2.12. The minimum absolute atomic E-state index is 0.370. The van der Waals surface area contributed by atoms with E-state index in [4.69, 9.17) is 18.9 Å². The van der Waals surface area contributed by atoms with Crippen LogP contribution in [0.1, 0.15) is 11.1 Å². The molecule has 2 rings (SSSR count). The van der Waals surface area contributed by atoms with Gasteiger partial charge < -0.3 is 18.9 Å². The Labute approximate surface area is 161 Å². The van der Waals surface area contributed by atoms with Crippen LogP contribution >= 0.6 is 12.6 Å². The molecule has 0 aromatic heterocycles. The van der Waals surface area contributed by atoms with Crippen LogP contribution in [0.4, 0.5) is 0 Å². The number of hydrogen-bond acceptors (Lipinski definition) is 6. The predicted octanol–water partition coefficient (Wildman–Crippen LogP) is 3.93. The SMILES string of the molecule is COc1cc(OC)c(C=CS(=O)Cc2ccc(OC)c(S)c2)c(OC)c1. The van der Waals surface area contributed by atoms with Crippen molar-refractivity contribution in [3.05, 3.63) is 46.9 Å². The Balaban J connectivity index is 2.21. The van der Waals surface area contributed by atoms with E-state index in [9.17, 15) is 4.21 Å². The van der Waals surface area contributed by atoms with Crippen molar-refractivity contribution < 1.29 is 23.2 Å². The molecule has 0 heterocycles. The Bertz CT molecular complexity index is 793. The molecule has 0 spiro atoms. The second kappa shape index (κ2) is 9.54. The van der Waals surface area contributed by atoms with Crippen LogP contribution in [-0.4, -0.2) is 32.6 Å². The van der Waals surface area contributed by atoms with Crippen LogP contribution in [0.5, 0.6) is 23.0 Å². The molecule has 0 bridgehead atoms. The molecular weight excluding hydrogens is 372 g/mol. The Kier molecular flexibility index (Phi) is 7.41. The predicted molar refractivity (Wildman–Crippen MR) is 107 cm³/mol. The van der Waals surface area contributed by atoms with E-state index in [0.717, 1.165) is 5.56 Å². The van der Waals surface area contributed by atoms with Gasteiger partial charge in [-0.15, -0.1) is 12.6 Å². The molecule has 0 saturated heterocycles. The van der Waals surface area contributed by atoms with Gasteiger partial charge in [-0.3, -0.25) is 4.21 Å². The van der Waals surface area contributed by atoms with Crippen LogP contribution in [0.25, 0.3) is 6.08 Å². The molecule has 0 amide bonds. The van der Waals surface area contributed by atoms with Gasteiger partial charge >= 0.3 is 0 Å². The number of benzene rings is 2. The van der Waals surface area contributed by atoms with E-state index in [1.807, 2.05) is 18.2 Å². The van der Waals surface area contributed by atoms with Crippen LogP contribution in [0, 0.1) is 0 Å². The van der Waals surface area contributed by atoms with E-state index in [1.54, 1.807) is 52.1 Å². The fourth-order valence-electron chi connectivity index (χ4n) is 2.38. The molecular formula is C19H22O5S2. The lowest BCUT2D eigenvalue weighted by atomic mass is 10.1. The van der Waals surface area contributed by atoms with Gasteiger partial charge in [0.05, 0.1) is 50.6 Å². The van der Waals surface area contributed by atoms with Crippen molar-refractivity contribution >= 4 is 29.5 Å². The quantitative estimate of drug-likeness (QED) is 0.688.